The van der Waals surface area contributed by atoms with Crippen LogP contribution in [0.5, 0.6) is 0 Å². The second-order valence-corrected chi connectivity index (χ2v) is 5.94. The summed E-state index contributed by atoms with van der Waals surface area (Å²) < 4.78 is 16.5. The van der Waals surface area contributed by atoms with Crippen molar-refractivity contribution in [3.8, 4) is 0 Å². The Morgan fingerprint density at radius 1 is 1.33 bits per heavy atom. The number of fused-ring (bicyclic) bond motifs is 2. The van der Waals surface area contributed by atoms with Gasteiger partial charge in [-0.3, -0.25) is 4.79 Å². The van der Waals surface area contributed by atoms with Gasteiger partial charge in [0, 0.05) is 5.92 Å². The summed E-state index contributed by atoms with van der Waals surface area (Å²) in [5.41, 5.74) is 0. The van der Waals surface area contributed by atoms with Gasteiger partial charge in [-0.25, -0.2) is 0 Å². The van der Waals surface area contributed by atoms with Gasteiger partial charge in [0.05, 0.1) is 25.7 Å². The van der Waals surface area contributed by atoms with E-state index >= 15 is 0 Å². The first-order chi connectivity index (χ1) is 8.52. The van der Waals surface area contributed by atoms with Crippen LogP contribution >= 0.6 is 0 Å². The maximum absolute atomic E-state index is 12.0. The molecule has 1 saturated heterocycles. The third-order valence-electron chi connectivity index (χ3n) is 4.45. The molecule has 0 aromatic rings. The van der Waals surface area contributed by atoms with Crippen LogP contribution in [0.4, 0.5) is 0 Å². The highest BCUT2D eigenvalue weighted by molar-refractivity contribution is 5.74. The van der Waals surface area contributed by atoms with E-state index in [2.05, 4.69) is 12.2 Å². The second kappa shape index (κ2) is 4.07. The topological polar surface area (TPSA) is 44.8 Å². The summed E-state index contributed by atoms with van der Waals surface area (Å²) in [7, 11) is 1.46. The Bertz CT molecular complexity index is 387. The third-order valence-corrected chi connectivity index (χ3v) is 4.45. The number of carbonyl (C=O) groups is 1. The normalized spacial score (nSPS) is 44.5. The van der Waals surface area contributed by atoms with Crippen molar-refractivity contribution in [2.45, 2.75) is 32.2 Å². The van der Waals surface area contributed by atoms with E-state index in [1.54, 1.807) is 0 Å². The van der Waals surface area contributed by atoms with E-state index in [-0.39, 0.29) is 23.9 Å². The minimum absolute atomic E-state index is 0.00375. The zero-order valence-corrected chi connectivity index (χ0v) is 11.1. The lowest BCUT2D eigenvalue weighted by molar-refractivity contribution is -0.159. The van der Waals surface area contributed by atoms with Crippen molar-refractivity contribution in [2.24, 2.45) is 23.7 Å². The molecule has 4 nitrogen and oxygen atoms in total. The van der Waals surface area contributed by atoms with Crippen LogP contribution in [-0.4, -0.2) is 31.6 Å². The zero-order valence-electron chi connectivity index (χ0n) is 11.1. The van der Waals surface area contributed by atoms with Crippen LogP contribution in [0.3, 0.4) is 0 Å². The van der Waals surface area contributed by atoms with Crippen molar-refractivity contribution in [3.05, 3.63) is 12.2 Å². The fraction of sp³-hybridized carbons (Fsp3) is 0.786. The molecule has 2 bridgehead atoms. The Kier molecular flexibility index (Phi) is 2.75. The quantitative estimate of drug-likeness (QED) is 0.555. The molecule has 0 spiro atoms. The highest BCUT2D eigenvalue weighted by Gasteiger charge is 2.54. The van der Waals surface area contributed by atoms with Gasteiger partial charge < -0.3 is 14.2 Å². The monoisotopic (exact) mass is 252 g/mol. The van der Waals surface area contributed by atoms with Crippen molar-refractivity contribution >= 4 is 5.97 Å². The first-order valence-electron chi connectivity index (χ1n) is 6.60. The number of esters is 1. The maximum Gasteiger partial charge on any atom is 0.309 e. The van der Waals surface area contributed by atoms with Crippen LogP contribution in [0, 0.1) is 23.7 Å². The van der Waals surface area contributed by atoms with Crippen LogP contribution in [0.25, 0.3) is 0 Å². The highest BCUT2D eigenvalue weighted by Crippen LogP contribution is 2.51. The molecule has 18 heavy (non-hydrogen) atoms. The van der Waals surface area contributed by atoms with E-state index in [4.69, 9.17) is 14.2 Å². The van der Waals surface area contributed by atoms with Gasteiger partial charge in [-0.2, -0.15) is 0 Å². The summed E-state index contributed by atoms with van der Waals surface area (Å²) in [4.78, 5) is 12.0. The summed E-state index contributed by atoms with van der Waals surface area (Å²) in [6.45, 7) is 4.41. The molecular weight excluding hydrogens is 232 g/mol. The lowest BCUT2D eigenvalue weighted by Crippen LogP contribution is -2.38. The van der Waals surface area contributed by atoms with Crippen LogP contribution in [0.2, 0.25) is 0 Å². The summed E-state index contributed by atoms with van der Waals surface area (Å²) in [6, 6.07) is 0. The number of methoxy groups -OCH3 is 1. The minimum atomic E-state index is -0.531. The predicted molar refractivity (Wildman–Crippen MR) is 64.6 cm³/mol. The summed E-state index contributed by atoms with van der Waals surface area (Å²) >= 11 is 0. The second-order valence-electron chi connectivity index (χ2n) is 5.94. The molecule has 2 aliphatic carbocycles. The summed E-state index contributed by atoms with van der Waals surface area (Å²) in [5, 5.41) is 0. The van der Waals surface area contributed by atoms with Crippen molar-refractivity contribution in [2.75, 3.05) is 13.7 Å². The van der Waals surface area contributed by atoms with Crippen LogP contribution in [0.1, 0.15) is 20.3 Å². The molecule has 0 N–H and O–H groups in total. The molecule has 0 aromatic carbocycles. The molecule has 4 heteroatoms. The third kappa shape index (κ3) is 1.79. The van der Waals surface area contributed by atoms with Gasteiger partial charge in [0.25, 0.3) is 0 Å². The first kappa shape index (κ1) is 12.2. The van der Waals surface area contributed by atoms with Crippen LogP contribution in [0.15, 0.2) is 12.2 Å². The maximum atomic E-state index is 12.0. The molecule has 3 rings (SSSR count). The molecule has 0 unspecified atom stereocenters. The Morgan fingerprint density at radius 2 is 2.06 bits per heavy atom. The molecule has 1 aliphatic heterocycles. The largest absolute Gasteiger partial charge is 0.469 e. The molecular formula is C14H20O4. The molecule has 0 radical (unpaired) electrons. The number of carbonyl (C=O) groups excluding carboxylic acids is 1. The summed E-state index contributed by atoms with van der Waals surface area (Å²) in [5.74, 6) is 0.255. The van der Waals surface area contributed by atoms with Gasteiger partial charge in [0.1, 0.15) is 0 Å². The van der Waals surface area contributed by atoms with Gasteiger partial charge in [0.15, 0.2) is 5.79 Å². The Hall–Kier alpha value is -0.870. The Balaban J connectivity index is 1.82. The molecule has 1 heterocycles. The molecule has 0 amide bonds. The SMILES string of the molecule is COC(=O)[C@@H]1[C@@H]([C@H]2COC(C)(C)O2)[C@H]2C=C[C@@H]1C2. The molecule has 2 fully saturated rings. The van der Waals surface area contributed by atoms with E-state index in [0.717, 1.165) is 6.42 Å². The predicted octanol–water partition coefficient (Wildman–Crippen LogP) is 1.75. The number of rotatable bonds is 2. The van der Waals surface area contributed by atoms with E-state index in [1.165, 1.54) is 7.11 Å². The lowest BCUT2D eigenvalue weighted by atomic mass is 9.79. The van der Waals surface area contributed by atoms with Gasteiger partial charge >= 0.3 is 5.97 Å². The first-order valence-corrected chi connectivity index (χ1v) is 6.60. The number of hydrogen-bond donors (Lipinski definition) is 0. The average molecular weight is 252 g/mol. The Morgan fingerprint density at radius 3 is 2.67 bits per heavy atom. The van der Waals surface area contributed by atoms with Gasteiger partial charge in [-0.1, -0.05) is 12.2 Å². The van der Waals surface area contributed by atoms with Crippen LogP contribution in [-0.2, 0) is 19.0 Å². The van der Waals surface area contributed by atoms with E-state index in [1.807, 2.05) is 13.8 Å². The minimum Gasteiger partial charge on any atom is -0.469 e. The standard InChI is InChI=1S/C14H20O4/c1-14(2)17-7-10(18-14)11-8-4-5-9(6-8)12(11)13(15)16-3/h4-5,8-12H,6-7H2,1-3H3/t8-,9+,10+,11+,12-/m0/s1. The number of ether oxygens (including phenoxy) is 3. The average Bonchev–Trinajstić information content (AvgIpc) is 3.00. The van der Waals surface area contributed by atoms with Gasteiger partial charge in [-0.15, -0.1) is 0 Å². The molecule has 0 aromatic heterocycles. The van der Waals surface area contributed by atoms with E-state index in [0.29, 0.717) is 18.4 Å². The van der Waals surface area contributed by atoms with Gasteiger partial charge in [0.2, 0.25) is 0 Å². The molecule has 3 aliphatic rings. The fourth-order valence-corrected chi connectivity index (χ4v) is 3.74. The molecule has 5 atom stereocenters. The zero-order chi connectivity index (χ0) is 12.9. The highest BCUT2D eigenvalue weighted by atomic mass is 16.7. The van der Waals surface area contributed by atoms with Crippen LogP contribution < -0.4 is 0 Å². The number of allylic oxidation sites excluding steroid dienone is 2. The Labute approximate surface area is 107 Å². The van der Waals surface area contributed by atoms with E-state index < -0.39 is 5.79 Å². The van der Waals surface area contributed by atoms with E-state index in [9.17, 15) is 4.79 Å². The van der Waals surface area contributed by atoms with Gasteiger partial charge in [-0.05, 0) is 32.1 Å². The fourth-order valence-electron chi connectivity index (χ4n) is 3.74. The smallest absolute Gasteiger partial charge is 0.309 e. The molecule has 1 saturated carbocycles. The molecule has 100 valence electrons. The van der Waals surface area contributed by atoms with Crippen molar-refractivity contribution in [1.29, 1.82) is 0 Å². The van der Waals surface area contributed by atoms with Crippen molar-refractivity contribution < 1.29 is 19.0 Å². The summed E-state index contributed by atoms with van der Waals surface area (Å²) in [6.07, 6.45) is 5.43. The number of hydrogen-bond acceptors (Lipinski definition) is 4. The lowest BCUT2D eigenvalue weighted by Gasteiger charge is -2.30. The van der Waals surface area contributed by atoms with Crippen molar-refractivity contribution in [3.63, 3.8) is 0 Å². The van der Waals surface area contributed by atoms with Crippen molar-refractivity contribution in [1.82, 2.24) is 0 Å².